The predicted octanol–water partition coefficient (Wildman–Crippen LogP) is 2.56. The number of fused-ring (bicyclic) bond motifs is 1. The third-order valence-corrected chi connectivity index (χ3v) is 4.06. The minimum absolute atomic E-state index is 0.264. The first kappa shape index (κ1) is 15.8. The highest BCUT2D eigenvalue weighted by atomic mass is 16.5. The number of carbonyl (C=O) groups is 1. The summed E-state index contributed by atoms with van der Waals surface area (Å²) in [4.78, 5) is 11.0. The maximum absolute atomic E-state index is 11.0. The van der Waals surface area contributed by atoms with Gasteiger partial charge in [0.05, 0.1) is 12.5 Å². The van der Waals surface area contributed by atoms with E-state index in [4.69, 9.17) is 10.5 Å². The molecule has 0 fully saturated rings. The second-order valence-electron chi connectivity index (χ2n) is 5.87. The second-order valence-corrected chi connectivity index (χ2v) is 5.87. The molecule has 0 saturated heterocycles. The molecule has 2 unspecified atom stereocenters. The number of hydrogen-bond donors (Lipinski definition) is 2. The Morgan fingerprint density at radius 2 is 2.33 bits per heavy atom. The third-order valence-electron chi connectivity index (χ3n) is 4.06. The topological polar surface area (TPSA) is 64.3 Å². The van der Waals surface area contributed by atoms with Crippen molar-refractivity contribution in [2.45, 2.75) is 45.6 Å². The summed E-state index contributed by atoms with van der Waals surface area (Å²) in [6.07, 6.45) is 4.65. The standard InChI is InChI=1S/C17H26N2O2/c1-3-9-19-16-6-4-5-13-10-14(7-8-15(13)16)21-11-12(2)17(18)20/h7-8,10,12,16,19H,3-6,9,11H2,1-2H3,(H2,18,20). The minimum Gasteiger partial charge on any atom is -0.493 e. The van der Waals surface area contributed by atoms with Crippen molar-refractivity contribution in [2.75, 3.05) is 13.2 Å². The van der Waals surface area contributed by atoms with Gasteiger partial charge >= 0.3 is 0 Å². The zero-order valence-electron chi connectivity index (χ0n) is 13.0. The van der Waals surface area contributed by atoms with Crippen LogP contribution in [0.15, 0.2) is 18.2 Å². The minimum atomic E-state index is -0.322. The molecular formula is C17H26N2O2. The van der Waals surface area contributed by atoms with Crippen LogP contribution < -0.4 is 15.8 Å². The van der Waals surface area contributed by atoms with E-state index < -0.39 is 0 Å². The van der Waals surface area contributed by atoms with Crippen LogP contribution in [0.25, 0.3) is 0 Å². The van der Waals surface area contributed by atoms with Gasteiger partial charge in [-0.1, -0.05) is 19.9 Å². The average Bonchev–Trinajstić information content (AvgIpc) is 2.49. The Bertz CT molecular complexity index is 488. The van der Waals surface area contributed by atoms with E-state index >= 15 is 0 Å². The van der Waals surface area contributed by atoms with Crippen LogP contribution in [0, 0.1) is 5.92 Å². The summed E-state index contributed by atoms with van der Waals surface area (Å²) in [5, 5.41) is 3.61. The van der Waals surface area contributed by atoms with E-state index in [2.05, 4.69) is 24.4 Å². The molecule has 21 heavy (non-hydrogen) atoms. The molecule has 0 heterocycles. The van der Waals surface area contributed by atoms with Crippen LogP contribution in [0.5, 0.6) is 5.75 Å². The fourth-order valence-electron chi connectivity index (χ4n) is 2.71. The predicted molar refractivity (Wildman–Crippen MR) is 84.3 cm³/mol. The Labute approximate surface area is 127 Å². The van der Waals surface area contributed by atoms with Crippen LogP contribution in [0.1, 0.15) is 50.3 Å². The van der Waals surface area contributed by atoms with Gasteiger partial charge in [0.25, 0.3) is 0 Å². The van der Waals surface area contributed by atoms with Crippen molar-refractivity contribution in [1.29, 1.82) is 0 Å². The van der Waals surface area contributed by atoms with Crippen molar-refractivity contribution in [1.82, 2.24) is 5.32 Å². The third kappa shape index (κ3) is 4.21. The number of nitrogens with one attached hydrogen (secondary N) is 1. The van der Waals surface area contributed by atoms with Gasteiger partial charge in [-0.2, -0.15) is 0 Å². The van der Waals surface area contributed by atoms with Crippen molar-refractivity contribution >= 4 is 5.91 Å². The van der Waals surface area contributed by atoms with Crippen molar-refractivity contribution in [3.8, 4) is 5.75 Å². The Balaban J connectivity index is 2.03. The summed E-state index contributed by atoms with van der Waals surface area (Å²) in [6.45, 7) is 5.36. The van der Waals surface area contributed by atoms with E-state index in [0.717, 1.165) is 25.1 Å². The van der Waals surface area contributed by atoms with E-state index in [-0.39, 0.29) is 11.8 Å². The van der Waals surface area contributed by atoms with Gasteiger partial charge in [-0.15, -0.1) is 0 Å². The number of nitrogens with two attached hydrogens (primary N) is 1. The Morgan fingerprint density at radius 1 is 1.52 bits per heavy atom. The molecular weight excluding hydrogens is 264 g/mol. The van der Waals surface area contributed by atoms with E-state index in [1.54, 1.807) is 6.92 Å². The van der Waals surface area contributed by atoms with E-state index in [9.17, 15) is 4.79 Å². The number of aryl methyl sites for hydroxylation is 1. The van der Waals surface area contributed by atoms with Crippen LogP contribution in [-0.2, 0) is 11.2 Å². The molecule has 0 bridgehead atoms. The monoisotopic (exact) mass is 290 g/mol. The quantitative estimate of drug-likeness (QED) is 0.811. The second kappa shape index (κ2) is 7.46. The van der Waals surface area contributed by atoms with Gasteiger partial charge in [0.15, 0.2) is 0 Å². The average molecular weight is 290 g/mol. The van der Waals surface area contributed by atoms with E-state index in [0.29, 0.717) is 12.6 Å². The highest BCUT2D eigenvalue weighted by Crippen LogP contribution is 2.32. The van der Waals surface area contributed by atoms with Crippen LogP contribution in [0.2, 0.25) is 0 Å². The molecule has 1 aromatic rings. The number of hydrogen-bond acceptors (Lipinski definition) is 3. The van der Waals surface area contributed by atoms with Gasteiger partial charge < -0.3 is 15.8 Å². The summed E-state index contributed by atoms with van der Waals surface area (Å²) < 4.78 is 5.69. The molecule has 1 aliphatic rings. The smallest absolute Gasteiger partial charge is 0.223 e. The number of amides is 1. The van der Waals surface area contributed by atoms with Gasteiger partial charge in [0, 0.05) is 6.04 Å². The van der Waals surface area contributed by atoms with Crippen molar-refractivity contribution in [3.63, 3.8) is 0 Å². The largest absolute Gasteiger partial charge is 0.493 e. The molecule has 1 aromatic carbocycles. The zero-order valence-corrected chi connectivity index (χ0v) is 13.0. The van der Waals surface area contributed by atoms with Crippen molar-refractivity contribution in [2.24, 2.45) is 11.7 Å². The normalized spacial score (nSPS) is 18.9. The molecule has 1 amide bonds. The Morgan fingerprint density at radius 3 is 3.05 bits per heavy atom. The number of rotatable bonds is 7. The van der Waals surface area contributed by atoms with Crippen molar-refractivity contribution in [3.05, 3.63) is 29.3 Å². The Kier molecular flexibility index (Phi) is 5.62. The molecule has 2 atom stereocenters. The SMILES string of the molecule is CCCNC1CCCc2cc(OCC(C)C(N)=O)ccc21. The molecule has 4 heteroatoms. The highest BCUT2D eigenvalue weighted by molar-refractivity contribution is 5.76. The first-order valence-corrected chi connectivity index (χ1v) is 7.90. The summed E-state index contributed by atoms with van der Waals surface area (Å²) >= 11 is 0. The number of benzene rings is 1. The molecule has 0 saturated carbocycles. The lowest BCUT2D eigenvalue weighted by molar-refractivity contribution is -0.122. The molecule has 0 aromatic heterocycles. The first-order chi connectivity index (χ1) is 10.1. The molecule has 0 spiro atoms. The van der Waals surface area contributed by atoms with Crippen LogP contribution in [-0.4, -0.2) is 19.1 Å². The molecule has 4 nitrogen and oxygen atoms in total. The lowest BCUT2D eigenvalue weighted by Gasteiger charge is -2.27. The van der Waals surface area contributed by atoms with Crippen LogP contribution >= 0.6 is 0 Å². The van der Waals surface area contributed by atoms with Crippen LogP contribution in [0.3, 0.4) is 0 Å². The van der Waals surface area contributed by atoms with Gasteiger partial charge in [0.1, 0.15) is 5.75 Å². The maximum atomic E-state index is 11.0. The van der Waals surface area contributed by atoms with Crippen LogP contribution in [0.4, 0.5) is 0 Å². The molecule has 1 aliphatic carbocycles. The molecule has 2 rings (SSSR count). The number of ether oxygens (including phenoxy) is 1. The number of primary amides is 1. The molecule has 0 aliphatic heterocycles. The van der Waals surface area contributed by atoms with E-state index in [1.807, 2.05) is 6.07 Å². The number of carbonyl (C=O) groups excluding carboxylic acids is 1. The van der Waals surface area contributed by atoms with Gasteiger partial charge in [-0.05, 0) is 55.5 Å². The highest BCUT2D eigenvalue weighted by Gasteiger charge is 2.20. The fourth-order valence-corrected chi connectivity index (χ4v) is 2.71. The maximum Gasteiger partial charge on any atom is 0.223 e. The van der Waals surface area contributed by atoms with Gasteiger partial charge in [0.2, 0.25) is 5.91 Å². The zero-order chi connectivity index (χ0) is 15.2. The first-order valence-electron chi connectivity index (χ1n) is 7.90. The molecule has 3 N–H and O–H groups in total. The van der Waals surface area contributed by atoms with Gasteiger partial charge in [-0.3, -0.25) is 4.79 Å². The Hall–Kier alpha value is -1.55. The molecule has 116 valence electrons. The summed E-state index contributed by atoms with van der Waals surface area (Å²) in [6, 6.07) is 6.74. The fraction of sp³-hybridized carbons (Fsp3) is 0.588. The molecule has 0 radical (unpaired) electrons. The van der Waals surface area contributed by atoms with Gasteiger partial charge in [-0.25, -0.2) is 0 Å². The van der Waals surface area contributed by atoms with E-state index in [1.165, 1.54) is 24.0 Å². The lowest BCUT2D eigenvalue weighted by atomic mass is 9.87. The summed E-state index contributed by atoms with van der Waals surface area (Å²) in [5.41, 5.74) is 8.00. The summed E-state index contributed by atoms with van der Waals surface area (Å²) in [5.74, 6) is 0.245. The lowest BCUT2D eigenvalue weighted by Crippen LogP contribution is -2.26. The summed E-state index contributed by atoms with van der Waals surface area (Å²) in [7, 11) is 0. The van der Waals surface area contributed by atoms with Crippen molar-refractivity contribution < 1.29 is 9.53 Å².